The Morgan fingerprint density at radius 1 is 1.12 bits per heavy atom. The number of anilines is 1. The van der Waals surface area contributed by atoms with Gasteiger partial charge >= 0.3 is 0 Å². The molecule has 0 radical (unpaired) electrons. The minimum absolute atomic E-state index is 0.0296. The van der Waals surface area contributed by atoms with E-state index >= 15 is 0 Å². The van der Waals surface area contributed by atoms with Crippen LogP contribution in [0.25, 0.3) is 0 Å². The lowest BCUT2D eigenvalue weighted by Gasteiger charge is -2.27. The van der Waals surface area contributed by atoms with E-state index in [2.05, 4.69) is 15.9 Å². The zero-order chi connectivity index (χ0) is 18.4. The fraction of sp³-hybridized carbons (Fsp3) is 0.316. The molecule has 2 rings (SSSR count). The highest BCUT2D eigenvalue weighted by atomic mass is 79.9. The van der Waals surface area contributed by atoms with Crippen LogP contribution >= 0.6 is 15.9 Å². The number of carbonyl (C=O) groups excluding carboxylic acids is 1. The quantitative estimate of drug-likeness (QED) is 0.738. The Morgan fingerprint density at radius 2 is 1.68 bits per heavy atom. The van der Waals surface area contributed by atoms with Gasteiger partial charge < -0.3 is 19.8 Å². The van der Waals surface area contributed by atoms with Crippen molar-refractivity contribution in [3.63, 3.8) is 0 Å². The van der Waals surface area contributed by atoms with Crippen LogP contribution in [0.1, 0.15) is 25.0 Å². The van der Waals surface area contributed by atoms with Gasteiger partial charge in [0.25, 0.3) is 5.91 Å². The third-order valence-electron chi connectivity index (χ3n) is 3.71. The molecule has 5 nitrogen and oxygen atoms in total. The highest BCUT2D eigenvalue weighted by Crippen LogP contribution is 2.29. The van der Waals surface area contributed by atoms with Crippen molar-refractivity contribution in [1.82, 2.24) is 0 Å². The molecule has 0 fully saturated rings. The number of nitrogens with zero attached hydrogens (tertiary/aromatic N) is 1. The second kappa shape index (κ2) is 8.99. The molecule has 0 saturated carbocycles. The van der Waals surface area contributed by atoms with Crippen molar-refractivity contribution < 1.29 is 19.7 Å². The average Bonchev–Trinajstić information content (AvgIpc) is 2.60. The molecule has 1 amide bonds. The van der Waals surface area contributed by atoms with E-state index in [1.54, 1.807) is 17.0 Å². The van der Waals surface area contributed by atoms with E-state index in [1.807, 2.05) is 44.2 Å². The molecule has 6 heteroatoms. The molecule has 0 heterocycles. The third kappa shape index (κ3) is 4.81. The van der Waals surface area contributed by atoms with Gasteiger partial charge in [0.1, 0.15) is 5.75 Å². The number of amides is 1. The molecule has 0 aliphatic heterocycles. The van der Waals surface area contributed by atoms with Gasteiger partial charge in [-0.3, -0.25) is 4.79 Å². The predicted octanol–water partition coefficient (Wildman–Crippen LogP) is 3.25. The first-order valence-corrected chi connectivity index (χ1v) is 8.80. The number of benzene rings is 2. The molecule has 2 N–H and O–H groups in total. The van der Waals surface area contributed by atoms with Crippen LogP contribution in [0.3, 0.4) is 0 Å². The topological polar surface area (TPSA) is 70.0 Å². The van der Waals surface area contributed by atoms with Gasteiger partial charge in [-0.1, -0.05) is 34.1 Å². The maximum absolute atomic E-state index is 12.7. The Morgan fingerprint density at radius 3 is 2.16 bits per heavy atom. The Bertz CT molecular complexity index is 694. The molecular weight excluding hydrogens is 386 g/mol. The van der Waals surface area contributed by atoms with E-state index in [0.717, 1.165) is 10.2 Å². The minimum Gasteiger partial charge on any atom is -0.483 e. The summed E-state index contributed by atoms with van der Waals surface area (Å²) in [6.07, 6.45) is 0. The highest BCUT2D eigenvalue weighted by Gasteiger charge is 2.20. The zero-order valence-electron chi connectivity index (χ0n) is 14.3. The fourth-order valence-corrected chi connectivity index (χ4v) is 3.21. The van der Waals surface area contributed by atoms with Crippen molar-refractivity contribution in [2.75, 3.05) is 11.5 Å². The molecule has 2 aromatic carbocycles. The number of ether oxygens (including phenoxy) is 1. The lowest BCUT2D eigenvalue weighted by Crippen LogP contribution is -2.40. The Labute approximate surface area is 156 Å². The summed E-state index contributed by atoms with van der Waals surface area (Å²) in [5.41, 5.74) is 1.83. The van der Waals surface area contributed by atoms with Gasteiger partial charge in [0.15, 0.2) is 6.61 Å². The van der Waals surface area contributed by atoms with Gasteiger partial charge in [-0.25, -0.2) is 0 Å². The number of carbonyl (C=O) groups is 1. The molecular formula is C19H22BrNO4. The summed E-state index contributed by atoms with van der Waals surface area (Å²) in [6.45, 7) is 3.19. The van der Waals surface area contributed by atoms with Crippen molar-refractivity contribution in [2.45, 2.75) is 33.1 Å². The smallest absolute Gasteiger partial charge is 0.265 e. The van der Waals surface area contributed by atoms with Crippen LogP contribution in [0.4, 0.5) is 5.69 Å². The normalized spacial score (nSPS) is 10.8. The third-order valence-corrected chi connectivity index (χ3v) is 4.17. The van der Waals surface area contributed by atoms with Crippen LogP contribution in [-0.4, -0.2) is 28.8 Å². The van der Waals surface area contributed by atoms with E-state index in [-0.39, 0.29) is 31.8 Å². The first-order chi connectivity index (χ1) is 12.0. The van der Waals surface area contributed by atoms with Gasteiger partial charge in [-0.15, -0.1) is 0 Å². The molecule has 134 valence electrons. The molecule has 0 aromatic heterocycles. The second-order valence-electron chi connectivity index (χ2n) is 5.85. The molecule has 0 atom stereocenters. The monoisotopic (exact) mass is 407 g/mol. The highest BCUT2D eigenvalue weighted by molar-refractivity contribution is 9.10. The van der Waals surface area contributed by atoms with E-state index < -0.39 is 0 Å². The second-order valence-corrected chi connectivity index (χ2v) is 6.77. The van der Waals surface area contributed by atoms with E-state index in [1.165, 1.54) is 0 Å². The summed E-state index contributed by atoms with van der Waals surface area (Å²) in [5, 5.41) is 19.1. The van der Waals surface area contributed by atoms with E-state index in [0.29, 0.717) is 16.9 Å². The Balaban J connectivity index is 2.21. The molecule has 0 aliphatic rings. The molecule has 0 spiro atoms. The van der Waals surface area contributed by atoms with Crippen molar-refractivity contribution in [2.24, 2.45) is 0 Å². The first kappa shape index (κ1) is 19.4. The summed E-state index contributed by atoms with van der Waals surface area (Å²) < 4.78 is 6.42. The number of hydrogen-bond donors (Lipinski definition) is 2. The van der Waals surface area contributed by atoms with Crippen molar-refractivity contribution >= 4 is 27.5 Å². The lowest BCUT2D eigenvalue weighted by atomic mass is 10.1. The van der Waals surface area contributed by atoms with Gasteiger partial charge in [0.05, 0.1) is 13.2 Å². The largest absolute Gasteiger partial charge is 0.483 e. The summed E-state index contributed by atoms with van der Waals surface area (Å²) in [7, 11) is 0. The number of para-hydroxylation sites is 1. The van der Waals surface area contributed by atoms with Gasteiger partial charge in [-0.05, 0) is 38.1 Å². The van der Waals surface area contributed by atoms with Crippen LogP contribution in [0.2, 0.25) is 0 Å². The zero-order valence-corrected chi connectivity index (χ0v) is 15.9. The van der Waals surface area contributed by atoms with Crippen LogP contribution in [0.5, 0.6) is 5.75 Å². The lowest BCUT2D eigenvalue weighted by molar-refractivity contribution is -0.121. The Hall–Kier alpha value is -1.89. The fourth-order valence-electron chi connectivity index (χ4n) is 2.65. The Kier molecular flexibility index (Phi) is 6.99. The van der Waals surface area contributed by atoms with Gasteiger partial charge in [-0.2, -0.15) is 0 Å². The van der Waals surface area contributed by atoms with Crippen LogP contribution in [-0.2, 0) is 18.0 Å². The number of halogens is 1. The summed E-state index contributed by atoms with van der Waals surface area (Å²) >= 11 is 3.33. The maximum Gasteiger partial charge on any atom is 0.265 e. The summed E-state index contributed by atoms with van der Waals surface area (Å²) in [6, 6.07) is 12.8. The number of rotatable bonds is 7. The number of aliphatic hydroxyl groups excluding tert-OH is 2. The molecule has 2 aromatic rings. The average molecular weight is 408 g/mol. The van der Waals surface area contributed by atoms with Gasteiger partial charge in [0, 0.05) is 27.3 Å². The van der Waals surface area contributed by atoms with Crippen LogP contribution < -0.4 is 9.64 Å². The first-order valence-electron chi connectivity index (χ1n) is 8.00. The van der Waals surface area contributed by atoms with Crippen molar-refractivity contribution in [3.05, 3.63) is 58.1 Å². The maximum atomic E-state index is 12.7. The standard InChI is InChI=1S/C19H22BrNO4/c1-13(2)21(17-6-4-3-5-7-17)18(24)12-25-19-14(10-22)8-16(20)9-15(19)11-23/h3-9,13,22-23H,10-12H2,1-2H3. The molecule has 0 aliphatic carbocycles. The molecule has 0 unspecified atom stereocenters. The number of aliphatic hydroxyl groups is 2. The van der Waals surface area contributed by atoms with Crippen LogP contribution in [0.15, 0.2) is 46.9 Å². The predicted molar refractivity (Wildman–Crippen MR) is 101 cm³/mol. The molecule has 0 bridgehead atoms. The minimum atomic E-state index is -0.247. The van der Waals surface area contributed by atoms with E-state index in [9.17, 15) is 15.0 Å². The molecule has 25 heavy (non-hydrogen) atoms. The van der Waals surface area contributed by atoms with Crippen molar-refractivity contribution in [1.29, 1.82) is 0 Å². The van der Waals surface area contributed by atoms with Crippen molar-refractivity contribution in [3.8, 4) is 5.75 Å². The summed E-state index contributed by atoms with van der Waals surface area (Å²) in [4.78, 5) is 14.4. The summed E-state index contributed by atoms with van der Waals surface area (Å²) in [5.74, 6) is 0.148. The van der Waals surface area contributed by atoms with E-state index in [4.69, 9.17) is 4.74 Å². The SMILES string of the molecule is CC(C)N(C(=O)COc1c(CO)cc(Br)cc1CO)c1ccccc1. The molecule has 0 saturated heterocycles. The van der Waals surface area contributed by atoms with Crippen LogP contribution in [0, 0.1) is 0 Å². The van der Waals surface area contributed by atoms with Gasteiger partial charge in [0.2, 0.25) is 0 Å². The number of hydrogen-bond acceptors (Lipinski definition) is 4.